The summed E-state index contributed by atoms with van der Waals surface area (Å²) in [5.74, 6) is 0. The molecule has 1 heterocycles. The van der Waals surface area contributed by atoms with Crippen molar-refractivity contribution in [3.8, 4) is 11.1 Å². The van der Waals surface area contributed by atoms with Crippen LogP contribution >= 0.6 is 0 Å². The molecule has 0 fully saturated rings. The Morgan fingerprint density at radius 2 is 1.88 bits per heavy atom. The second-order valence-electron chi connectivity index (χ2n) is 4.84. The highest BCUT2D eigenvalue weighted by Gasteiger charge is 2.14. The zero-order valence-electron chi connectivity index (χ0n) is 10.2. The second-order valence-corrected chi connectivity index (χ2v) is 4.84. The zero-order valence-corrected chi connectivity index (χ0v) is 10.2. The lowest BCUT2D eigenvalue weighted by Crippen LogP contribution is -2.04. The van der Waals surface area contributed by atoms with Gasteiger partial charge in [0.05, 0.1) is 0 Å². The fraction of sp³-hybridized carbons (Fsp3) is 0.312. The summed E-state index contributed by atoms with van der Waals surface area (Å²) in [5.41, 5.74) is 7.10. The van der Waals surface area contributed by atoms with Crippen molar-refractivity contribution in [1.29, 1.82) is 0 Å². The van der Waals surface area contributed by atoms with Crippen LogP contribution in [0.2, 0.25) is 0 Å². The van der Waals surface area contributed by atoms with Gasteiger partial charge in [-0.15, -0.1) is 0 Å². The molecule has 0 spiro atoms. The molecule has 0 aliphatic heterocycles. The van der Waals surface area contributed by atoms with E-state index >= 15 is 0 Å². The summed E-state index contributed by atoms with van der Waals surface area (Å²) in [6, 6.07) is 8.81. The Kier molecular flexibility index (Phi) is 2.68. The zero-order chi connectivity index (χ0) is 11.7. The Labute approximate surface area is 103 Å². The predicted molar refractivity (Wildman–Crippen MR) is 71.1 cm³/mol. The highest BCUT2D eigenvalue weighted by molar-refractivity contribution is 5.71. The lowest BCUT2D eigenvalue weighted by molar-refractivity contribution is 0.687. The first-order chi connectivity index (χ1) is 8.36. The maximum atomic E-state index is 4.27. The van der Waals surface area contributed by atoms with Crippen LogP contribution in [-0.2, 0) is 12.8 Å². The molecule has 3 rings (SSSR count). The molecule has 0 amide bonds. The van der Waals surface area contributed by atoms with Gasteiger partial charge in [-0.2, -0.15) is 0 Å². The van der Waals surface area contributed by atoms with E-state index in [1.54, 1.807) is 5.56 Å². The van der Waals surface area contributed by atoms with Crippen LogP contribution in [0.15, 0.2) is 36.7 Å². The number of fused-ring (bicyclic) bond motifs is 1. The van der Waals surface area contributed by atoms with Crippen LogP contribution < -0.4 is 0 Å². The fourth-order valence-corrected chi connectivity index (χ4v) is 2.78. The minimum atomic E-state index is 1.22. The molecule has 1 aromatic heterocycles. The monoisotopic (exact) mass is 223 g/mol. The summed E-state index contributed by atoms with van der Waals surface area (Å²) >= 11 is 0. The number of rotatable bonds is 1. The van der Waals surface area contributed by atoms with Crippen molar-refractivity contribution >= 4 is 0 Å². The number of aryl methyl sites for hydroxylation is 2. The van der Waals surface area contributed by atoms with E-state index in [0.29, 0.717) is 0 Å². The van der Waals surface area contributed by atoms with E-state index in [1.165, 1.54) is 47.9 Å². The van der Waals surface area contributed by atoms with E-state index in [-0.39, 0.29) is 0 Å². The summed E-state index contributed by atoms with van der Waals surface area (Å²) in [4.78, 5) is 4.27. The van der Waals surface area contributed by atoms with Gasteiger partial charge in [-0.3, -0.25) is 4.98 Å². The number of aromatic nitrogens is 1. The molecule has 1 nitrogen and oxygen atoms in total. The summed E-state index contributed by atoms with van der Waals surface area (Å²) < 4.78 is 0. The van der Waals surface area contributed by atoms with Gasteiger partial charge >= 0.3 is 0 Å². The predicted octanol–water partition coefficient (Wildman–Crippen LogP) is 3.94. The number of hydrogen-bond acceptors (Lipinski definition) is 1. The minimum Gasteiger partial charge on any atom is -0.264 e. The number of nitrogens with zero attached hydrogens (tertiary/aromatic N) is 1. The lowest BCUT2D eigenvalue weighted by Gasteiger charge is -2.20. The van der Waals surface area contributed by atoms with E-state index in [0.717, 1.165) is 0 Å². The van der Waals surface area contributed by atoms with E-state index in [4.69, 9.17) is 0 Å². The second kappa shape index (κ2) is 4.33. The van der Waals surface area contributed by atoms with Crippen LogP contribution in [0.3, 0.4) is 0 Å². The Balaban J connectivity index is 2.18. The van der Waals surface area contributed by atoms with Crippen LogP contribution in [0.4, 0.5) is 0 Å². The first-order valence-electron chi connectivity index (χ1n) is 6.38. The normalized spacial score (nSPS) is 14.4. The number of hydrogen-bond donors (Lipinski definition) is 0. The van der Waals surface area contributed by atoms with Crippen molar-refractivity contribution in [2.45, 2.75) is 32.6 Å². The van der Waals surface area contributed by atoms with Crippen molar-refractivity contribution in [3.05, 3.63) is 53.3 Å². The average Bonchev–Trinajstić information content (AvgIpc) is 2.39. The van der Waals surface area contributed by atoms with Gasteiger partial charge in [-0.1, -0.05) is 18.2 Å². The van der Waals surface area contributed by atoms with Gasteiger partial charge < -0.3 is 0 Å². The molecule has 86 valence electrons. The molecule has 1 heteroatoms. The summed E-state index contributed by atoms with van der Waals surface area (Å²) in [7, 11) is 0. The first kappa shape index (κ1) is 10.5. The summed E-state index contributed by atoms with van der Waals surface area (Å²) in [6.07, 6.45) is 8.99. The van der Waals surface area contributed by atoms with Gasteiger partial charge in [0.1, 0.15) is 0 Å². The topological polar surface area (TPSA) is 12.9 Å². The van der Waals surface area contributed by atoms with Gasteiger partial charge in [0.2, 0.25) is 0 Å². The molecule has 1 aliphatic carbocycles. The van der Waals surface area contributed by atoms with E-state index in [9.17, 15) is 0 Å². The third kappa shape index (κ3) is 1.86. The van der Waals surface area contributed by atoms with Crippen LogP contribution in [-0.4, -0.2) is 4.98 Å². The fourth-order valence-electron chi connectivity index (χ4n) is 2.78. The summed E-state index contributed by atoms with van der Waals surface area (Å²) in [5, 5.41) is 0. The van der Waals surface area contributed by atoms with Gasteiger partial charge in [0.15, 0.2) is 0 Å². The summed E-state index contributed by atoms with van der Waals surface area (Å²) in [6.45, 7) is 2.17. The largest absolute Gasteiger partial charge is 0.264 e. The molecule has 0 saturated heterocycles. The molecule has 2 aromatic rings. The molecule has 0 atom stereocenters. The average molecular weight is 223 g/mol. The quantitative estimate of drug-likeness (QED) is 0.713. The highest BCUT2D eigenvalue weighted by atomic mass is 14.6. The van der Waals surface area contributed by atoms with E-state index in [1.807, 2.05) is 12.4 Å². The SMILES string of the molecule is Cc1ccncc1-c1cccc2c1CCCC2. The third-order valence-electron chi connectivity index (χ3n) is 3.73. The molecule has 0 bridgehead atoms. The Hall–Kier alpha value is -1.63. The number of benzene rings is 1. The smallest absolute Gasteiger partial charge is 0.0349 e. The highest BCUT2D eigenvalue weighted by Crippen LogP contribution is 2.32. The Bertz CT molecular complexity index is 543. The lowest BCUT2D eigenvalue weighted by atomic mass is 9.85. The first-order valence-corrected chi connectivity index (χ1v) is 6.38. The van der Waals surface area contributed by atoms with Crippen LogP contribution in [0, 0.1) is 6.92 Å². The number of pyridine rings is 1. The van der Waals surface area contributed by atoms with Crippen molar-refractivity contribution < 1.29 is 0 Å². The van der Waals surface area contributed by atoms with Gasteiger partial charge in [-0.25, -0.2) is 0 Å². The molecular weight excluding hydrogens is 206 g/mol. The molecule has 0 radical (unpaired) electrons. The van der Waals surface area contributed by atoms with Crippen LogP contribution in [0.25, 0.3) is 11.1 Å². The Morgan fingerprint density at radius 1 is 1.00 bits per heavy atom. The maximum absolute atomic E-state index is 4.27. The maximum Gasteiger partial charge on any atom is 0.0349 e. The van der Waals surface area contributed by atoms with E-state index in [2.05, 4.69) is 36.2 Å². The Morgan fingerprint density at radius 3 is 2.76 bits per heavy atom. The van der Waals surface area contributed by atoms with Crippen molar-refractivity contribution in [2.24, 2.45) is 0 Å². The minimum absolute atomic E-state index is 1.22. The van der Waals surface area contributed by atoms with E-state index < -0.39 is 0 Å². The van der Waals surface area contributed by atoms with Crippen molar-refractivity contribution in [2.75, 3.05) is 0 Å². The van der Waals surface area contributed by atoms with Gasteiger partial charge in [-0.05, 0) is 60.9 Å². The standard InChI is InChI=1S/C16H17N/c1-12-9-10-17-11-16(12)15-8-4-6-13-5-2-3-7-14(13)15/h4,6,8-11H,2-3,5,7H2,1H3. The van der Waals surface area contributed by atoms with Crippen LogP contribution in [0.5, 0.6) is 0 Å². The molecule has 0 N–H and O–H groups in total. The third-order valence-corrected chi connectivity index (χ3v) is 3.73. The molecule has 0 saturated carbocycles. The van der Waals surface area contributed by atoms with Gasteiger partial charge in [0.25, 0.3) is 0 Å². The molecule has 1 aliphatic rings. The van der Waals surface area contributed by atoms with Gasteiger partial charge in [0, 0.05) is 18.0 Å². The van der Waals surface area contributed by atoms with Crippen molar-refractivity contribution in [1.82, 2.24) is 4.98 Å². The molecule has 17 heavy (non-hydrogen) atoms. The molecular formula is C16H17N. The molecule has 0 unspecified atom stereocenters. The van der Waals surface area contributed by atoms with Crippen LogP contribution in [0.1, 0.15) is 29.5 Å². The molecule has 1 aromatic carbocycles. The van der Waals surface area contributed by atoms with Crippen molar-refractivity contribution in [3.63, 3.8) is 0 Å².